The molecule has 0 radical (unpaired) electrons. The largest absolute Gasteiger partial charge is 0.481 e. The fraction of sp³-hybridized carbons (Fsp3) is 0.267. The van der Waals surface area contributed by atoms with Crippen LogP contribution in [0.3, 0.4) is 0 Å². The number of ether oxygens (including phenoxy) is 2. The molecule has 2 amide bonds. The summed E-state index contributed by atoms with van der Waals surface area (Å²) in [5, 5.41) is 2.15. The van der Waals surface area contributed by atoms with E-state index in [0.29, 0.717) is 0 Å². The number of nitrogens with zero attached hydrogens (tertiary/aromatic N) is 2. The Morgan fingerprint density at radius 1 is 1.04 bits per heavy atom. The summed E-state index contributed by atoms with van der Waals surface area (Å²) in [5.74, 6) is -0.786. The van der Waals surface area contributed by atoms with Crippen LogP contribution >= 0.6 is 0 Å². The van der Waals surface area contributed by atoms with Crippen molar-refractivity contribution < 1.29 is 31.1 Å². The molecule has 1 aromatic heterocycles. The molecule has 152 valence electrons. The van der Waals surface area contributed by atoms with E-state index in [2.05, 4.69) is 15.3 Å². The number of anilines is 1. The van der Waals surface area contributed by atoms with Crippen LogP contribution in [0.25, 0.3) is 0 Å². The van der Waals surface area contributed by atoms with Gasteiger partial charge in [-0.25, -0.2) is 26.4 Å². The monoisotopic (exact) mass is 430 g/mol. The van der Waals surface area contributed by atoms with Crippen molar-refractivity contribution in [2.24, 2.45) is 0 Å². The van der Waals surface area contributed by atoms with E-state index >= 15 is 0 Å². The van der Waals surface area contributed by atoms with Gasteiger partial charge in [0.15, 0.2) is 9.84 Å². The maximum atomic E-state index is 12.3. The van der Waals surface area contributed by atoms with Crippen molar-refractivity contribution in [2.45, 2.75) is 10.6 Å². The number of methoxy groups -OCH3 is 2. The predicted octanol–water partition coefficient (Wildman–Crippen LogP) is 0.549. The summed E-state index contributed by atoms with van der Waals surface area (Å²) in [4.78, 5) is 19.6. The van der Waals surface area contributed by atoms with Crippen molar-refractivity contribution in [3.8, 4) is 11.8 Å². The average Bonchev–Trinajstić information content (AvgIpc) is 2.59. The molecule has 0 saturated heterocycles. The van der Waals surface area contributed by atoms with Gasteiger partial charge in [0.25, 0.3) is 0 Å². The molecule has 0 bridgehead atoms. The summed E-state index contributed by atoms with van der Waals surface area (Å²) >= 11 is 0. The third-order valence-electron chi connectivity index (χ3n) is 3.29. The van der Waals surface area contributed by atoms with Crippen LogP contribution in [0.5, 0.6) is 11.8 Å². The average molecular weight is 430 g/mol. The number of urea groups is 1. The van der Waals surface area contributed by atoms with Crippen LogP contribution in [0, 0.1) is 0 Å². The normalized spacial score (nSPS) is 11.5. The van der Waals surface area contributed by atoms with E-state index < -0.39 is 31.6 Å². The van der Waals surface area contributed by atoms with Gasteiger partial charge in [0.2, 0.25) is 27.7 Å². The quantitative estimate of drug-likeness (QED) is 0.641. The Bertz CT molecular complexity index is 1060. The van der Waals surface area contributed by atoms with Crippen molar-refractivity contribution in [2.75, 3.05) is 25.8 Å². The minimum atomic E-state index is -4.21. The van der Waals surface area contributed by atoms with Gasteiger partial charge in [-0.15, -0.1) is 0 Å². The van der Waals surface area contributed by atoms with Gasteiger partial charge in [-0.1, -0.05) is 18.2 Å². The van der Waals surface area contributed by atoms with Gasteiger partial charge in [0.05, 0.1) is 30.9 Å². The van der Waals surface area contributed by atoms with Crippen molar-refractivity contribution in [3.05, 3.63) is 35.9 Å². The highest BCUT2D eigenvalue weighted by Crippen LogP contribution is 2.19. The first-order valence-electron chi connectivity index (χ1n) is 7.60. The second-order valence-electron chi connectivity index (χ2n) is 5.47. The standard InChI is InChI=1S/C15H18N4O7S2/c1-25-12-8-13(26-2)17-14(16-12)18-15(20)19-28(23,24)9-10-6-4-5-7-11(10)27(3,21)22/h4-8H,9H2,1-3H3,(H2,16,17,18,19,20). The molecular weight excluding hydrogens is 412 g/mol. The first-order valence-corrected chi connectivity index (χ1v) is 11.1. The molecule has 0 aliphatic heterocycles. The number of sulfonamides is 1. The lowest BCUT2D eigenvalue weighted by atomic mass is 10.2. The van der Waals surface area contributed by atoms with E-state index in [4.69, 9.17) is 9.47 Å². The van der Waals surface area contributed by atoms with Crippen LogP contribution in [0.2, 0.25) is 0 Å². The Morgan fingerprint density at radius 3 is 2.14 bits per heavy atom. The number of sulfone groups is 1. The summed E-state index contributed by atoms with van der Waals surface area (Å²) in [7, 11) is -5.17. The molecule has 0 aliphatic carbocycles. The third-order valence-corrected chi connectivity index (χ3v) is 5.67. The molecule has 0 atom stereocenters. The van der Waals surface area contributed by atoms with Crippen LogP contribution in [0.15, 0.2) is 35.2 Å². The number of hydrogen-bond donors (Lipinski definition) is 2. The fourth-order valence-corrected chi connectivity index (χ4v) is 4.26. The van der Waals surface area contributed by atoms with E-state index in [1.165, 1.54) is 44.6 Å². The van der Waals surface area contributed by atoms with Crippen molar-refractivity contribution in [1.82, 2.24) is 14.7 Å². The lowest BCUT2D eigenvalue weighted by molar-refractivity contribution is 0.256. The van der Waals surface area contributed by atoms with Gasteiger partial charge in [0, 0.05) is 6.26 Å². The summed E-state index contributed by atoms with van der Waals surface area (Å²) < 4.78 is 59.7. The molecule has 11 nitrogen and oxygen atoms in total. The lowest BCUT2D eigenvalue weighted by Crippen LogP contribution is -2.35. The zero-order valence-electron chi connectivity index (χ0n) is 15.2. The molecule has 2 N–H and O–H groups in total. The SMILES string of the molecule is COc1cc(OC)nc(NC(=O)NS(=O)(=O)Cc2ccccc2S(C)(=O)=O)n1. The van der Waals surface area contributed by atoms with Gasteiger partial charge in [-0.05, 0) is 11.6 Å². The van der Waals surface area contributed by atoms with Gasteiger partial charge < -0.3 is 9.47 Å². The summed E-state index contributed by atoms with van der Waals surface area (Å²) in [6.45, 7) is 0. The molecule has 0 saturated carbocycles. The highest BCUT2D eigenvalue weighted by Gasteiger charge is 2.21. The van der Waals surface area contributed by atoms with Crippen LogP contribution in [-0.2, 0) is 25.6 Å². The van der Waals surface area contributed by atoms with E-state index in [1.54, 1.807) is 4.72 Å². The molecule has 13 heteroatoms. The number of rotatable bonds is 7. The number of nitrogens with one attached hydrogen (secondary N) is 2. The molecule has 1 aromatic carbocycles. The zero-order chi connectivity index (χ0) is 20.9. The molecule has 1 heterocycles. The molecule has 2 aromatic rings. The molecule has 2 rings (SSSR count). The number of carbonyl (C=O) groups excluding carboxylic acids is 1. The van der Waals surface area contributed by atoms with Gasteiger partial charge in [-0.2, -0.15) is 9.97 Å². The van der Waals surface area contributed by atoms with Crippen LogP contribution in [0.4, 0.5) is 10.7 Å². The minimum Gasteiger partial charge on any atom is -0.481 e. The number of benzene rings is 1. The summed E-state index contributed by atoms with van der Waals surface area (Å²) in [6, 6.07) is 5.84. The van der Waals surface area contributed by atoms with E-state index in [-0.39, 0.29) is 28.2 Å². The first-order chi connectivity index (χ1) is 13.0. The zero-order valence-corrected chi connectivity index (χ0v) is 16.8. The Balaban J connectivity index is 2.16. The van der Waals surface area contributed by atoms with Gasteiger partial charge in [-0.3, -0.25) is 5.32 Å². The number of amides is 2. The number of hydrogen-bond acceptors (Lipinski definition) is 9. The summed E-state index contributed by atoms with van der Waals surface area (Å²) in [6.07, 6.45) is 0.964. The maximum absolute atomic E-state index is 12.3. The Kier molecular flexibility index (Phi) is 6.41. The van der Waals surface area contributed by atoms with Gasteiger partial charge in [0.1, 0.15) is 0 Å². The predicted molar refractivity (Wildman–Crippen MR) is 99.5 cm³/mol. The lowest BCUT2D eigenvalue weighted by Gasteiger charge is -2.11. The highest BCUT2D eigenvalue weighted by molar-refractivity contribution is 7.91. The van der Waals surface area contributed by atoms with E-state index in [1.807, 2.05) is 0 Å². The third kappa shape index (κ3) is 5.79. The molecule has 0 unspecified atom stereocenters. The fourth-order valence-electron chi connectivity index (χ4n) is 2.16. The van der Waals surface area contributed by atoms with Crippen LogP contribution in [0.1, 0.15) is 5.56 Å². The Morgan fingerprint density at radius 2 is 1.61 bits per heavy atom. The smallest absolute Gasteiger partial charge is 0.335 e. The summed E-state index contributed by atoms with van der Waals surface area (Å²) in [5.41, 5.74) is 0.0320. The van der Waals surface area contributed by atoms with E-state index in [9.17, 15) is 21.6 Å². The number of carbonyl (C=O) groups is 1. The first kappa shape index (κ1) is 21.4. The maximum Gasteiger partial charge on any atom is 0.335 e. The Hall–Kier alpha value is -2.93. The molecule has 28 heavy (non-hydrogen) atoms. The molecule has 0 spiro atoms. The topological polar surface area (TPSA) is 154 Å². The van der Waals surface area contributed by atoms with Crippen molar-refractivity contribution in [3.63, 3.8) is 0 Å². The van der Waals surface area contributed by atoms with Crippen LogP contribution in [-0.4, -0.2) is 53.3 Å². The van der Waals surface area contributed by atoms with Gasteiger partial charge >= 0.3 is 6.03 Å². The van der Waals surface area contributed by atoms with Crippen molar-refractivity contribution >= 4 is 31.8 Å². The molecule has 0 fully saturated rings. The van der Waals surface area contributed by atoms with E-state index in [0.717, 1.165) is 6.26 Å². The second-order valence-corrected chi connectivity index (χ2v) is 9.18. The molecule has 0 aliphatic rings. The highest BCUT2D eigenvalue weighted by atomic mass is 32.2. The van der Waals surface area contributed by atoms with Crippen molar-refractivity contribution in [1.29, 1.82) is 0 Å². The number of aromatic nitrogens is 2. The minimum absolute atomic E-state index is 0.0320. The van der Waals surface area contributed by atoms with Crippen LogP contribution < -0.4 is 19.5 Å². The molecular formula is C15H18N4O7S2. The second kappa shape index (κ2) is 8.39. The Labute approximate surface area is 162 Å².